The van der Waals surface area contributed by atoms with Gasteiger partial charge in [-0.15, -0.1) is 0 Å². The fourth-order valence-corrected chi connectivity index (χ4v) is 0.714. The van der Waals surface area contributed by atoms with Crippen LogP contribution >= 0.6 is 0 Å². The Balaban J connectivity index is 0.000000583. The van der Waals surface area contributed by atoms with Crippen molar-refractivity contribution in [3.63, 3.8) is 0 Å². The molecule has 0 N–H and O–H groups in total. The van der Waals surface area contributed by atoms with Crippen LogP contribution in [0.1, 0.15) is 6.92 Å². The zero-order chi connectivity index (χ0) is 11.7. The molecule has 0 saturated heterocycles. The highest BCUT2D eigenvalue weighted by atomic mass is 16.6. The Kier molecular flexibility index (Phi) is 6.08. The van der Waals surface area contributed by atoms with Crippen LogP contribution in [-0.4, -0.2) is 22.7 Å². The molecule has 0 saturated carbocycles. The average Bonchev–Trinajstić information content (AvgIpc) is 2.20. The molecule has 0 atom stereocenters. The van der Waals surface area contributed by atoms with E-state index < -0.39 is 4.92 Å². The van der Waals surface area contributed by atoms with Crippen molar-refractivity contribution in [2.75, 3.05) is 6.61 Å². The standard InChI is InChI=1S/C7H8N2O3.CO2/c1-2-12-7-4-3-6(5-8-7)9(10)11;2-1-3/h3-5H,2H2,1H3;. The predicted molar refractivity (Wildman–Crippen MR) is 47.1 cm³/mol. The highest BCUT2D eigenvalue weighted by Gasteiger charge is 2.04. The summed E-state index contributed by atoms with van der Waals surface area (Å²) in [6, 6.07) is 2.83. The Morgan fingerprint density at radius 1 is 1.53 bits per heavy atom. The first-order chi connectivity index (χ1) is 7.15. The van der Waals surface area contributed by atoms with Gasteiger partial charge in [0, 0.05) is 12.1 Å². The lowest BCUT2D eigenvalue weighted by molar-refractivity contribution is -0.385. The Bertz CT molecular complexity index is 343. The number of nitro groups is 1. The predicted octanol–water partition coefficient (Wildman–Crippen LogP) is 0.805. The second-order valence-electron chi connectivity index (χ2n) is 2.13. The minimum Gasteiger partial charge on any atom is -0.478 e. The molecule has 1 aromatic rings. The molecule has 0 fully saturated rings. The van der Waals surface area contributed by atoms with Gasteiger partial charge in [0.1, 0.15) is 6.20 Å². The Labute approximate surface area is 84.8 Å². The third-order valence-electron chi connectivity index (χ3n) is 1.22. The number of ether oxygens (including phenoxy) is 1. The molecule has 0 radical (unpaired) electrons. The number of hydrogen-bond donors (Lipinski definition) is 0. The maximum atomic E-state index is 10.2. The van der Waals surface area contributed by atoms with Gasteiger partial charge in [0.15, 0.2) is 0 Å². The molecular formula is C8H8N2O5. The van der Waals surface area contributed by atoms with Crippen LogP contribution in [0, 0.1) is 10.1 Å². The molecule has 1 rings (SSSR count). The summed E-state index contributed by atoms with van der Waals surface area (Å²) in [5, 5.41) is 10.2. The fraction of sp³-hybridized carbons (Fsp3) is 0.250. The van der Waals surface area contributed by atoms with Gasteiger partial charge >= 0.3 is 6.15 Å². The smallest absolute Gasteiger partial charge is 0.373 e. The van der Waals surface area contributed by atoms with Crippen LogP contribution in [0.5, 0.6) is 5.88 Å². The van der Waals surface area contributed by atoms with Crippen LogP contribution < -0.4 is 4.74 Å². The third-order valence-corrected chi connectivity index (χ3v) is 1.22. The third kappa shape index (κ3) is 5.12. The van der Waals surface area contributed by atoms with E-state index >= 15 is 0 Å². The molecule has 0 bridgehead atoms. The van der Waals surface area contributed by atoms with Gasteiger partial charge in [-0.25, -0.2) is 4.98 Å². The number of nitrogens with zero attached hydrogens (tertiary/aromatic N) is 2. The van der Waals surface area contributed by atoms with Crippen LogP contribution in [0.2, 0.25) is 0 Å². The maximum Gasteiger partial charge on any atom is 0.373 e. The van der Waals surface area contributed by atoms with Gasteiger partial charge in [-0.2, -0.15) is 9.59 Å². The molecule has 0 amide bonds. The molecular weight excluding hydrogens is 204 g/mol. The topological polar surface area (TPSA) is 99.4 Å². The quantitative estimate of drug-likeness (QED) is 0.542. The number of pyridine rings is 1. The lowest BCUT2D eigenvalue weighted by atomic mass is 10.4. The summed E-state index contributed by atoms with van der Waals surface area (Å²) >= 11 is 0. The maximum absolute atomic E-state index is 10.2. The Morgan fingerprint density at radius 2 is 2.13 bits per heavy atom. The summed E-state index contributed by atoms with van der Waals surface area (Å²) in [7, 11) is 0. The van der Waals surface area contributed by atoms with Crippen molar-refractivity contribution in [2.45, 2.75) is 6.92 Å². The molecule has 7 heteroatoms. The summed E-state index contributed by atoms with van der Waals surface area (Å²) in [4.78, 5) is 29.7. The van der Waals surface area contributed by atoms with Crippen LogP contribution in [0.3, 0.4) is 0 Å². The second-order valence-corrected chi connectivity index (χ2v) is 2.13. The minimum absolute atomic E-state index is 0.0292. The number of aromatic nitrogens is 1. The second kappa shape index (κ2) is 7.16. The van der Waals surface area contributed by atoms with Crippen molar-refractivity contribution in [3.05, 3.63) is 28.4 Å². The fourth-order valence-electron chi connectivity index (χ4n) is 0.714. The molecule has 15 heavy (non-hydrogen) atoms. The van der Waals surface area contributed by atoms with Crippen LogP contribution in [0.25, 0.3) is 0 Å². The number of hydrogen-bond acceptors (Lipinski definition) is 6. The van der Waals surface area contributed by atoms with Crippen molar-refractivity contribution in [1.82, 2.24) is 4.98 Å². The van der Waals surface area contributed by atoms with Crippen molar-refractivity contribution in [3.8, 4) is 5.88 Å². The van der Waals surface area contributed by atoms with Gasteiger partial charge in [0.2, 0.25) is 5.88 Å². The monoisotopic (exact) mass is 212 g/mol. The zero-order valence-corrected chi connectivity index (χ0v) is 7.87. The highest BCUT2D eigenvalue weighted by molar-refractivity contribution is 5.28. The first-order valence-corrected chi connectivity index (χ1v) is 3.88. The van der Waals surface area contributed by atoms with Crippen LogP contribution in [-0.2, 0) is 9.59 Å². The van der Waals surface area contributed by atoms with E-state index in [0.717, 1.165) is 0 Å². The van der Waals surface area contributed by atoms with E-state index in [-0.39, 0.29) is 11.8 Å². The molecule has 0 spiro atoms. The molecule has 1 aromatic heterocycles. The summed E-state index contributed by atoms with van der Waals surface area (Å²) in [6.07, 6.45) is 1.42. The van der Waals surface area contributed by atoms with Crippen molar-refractivity contribution in [2.24, 2.45) is 0 Å². The first-order valence-electron chi connectivity index (χ1n) is 3.88. The SMILES string of the molecule is CCOc1ccc([N+](=O)[O-])cn1.O=C=O. The summed E-state index contributed by atoms with van der Waals surface area (Å²) in [5.74, 6) is 0.406. The zero-order valence-electron chi connectivity index (χ0n) is 7.87. The Morgan fingerprint density at radius 3 is 2.47 bits per heavy atom. The minimum atomic E-state index is -0.497. The van der Waals surface area contributed by atoms with Crippen LogP contribution in [0.4, 0.5) is 5.69 Å². The normalized spacial score (nSPS) is 8.07. The molecule has 80 valence electrons. The van der Waals surface area contributed by atoms with Crippen molar-refractivity contribution in [1.29, 1.82) is 0 Å². The lowest BCUT2D eigenvalue weighted by Crippen LogP contribution is -1.95. The largest absolute Gasteiger partial charge is 0.478 e. The van der Waals surface area contributed by atoms with Gasteiger partial charge in [0.05, 0.1) is 11.5 Å². The van der Waals surface area contributed by atoms with E-state index in [1.807, 2.05) is 6.92 Å². The number of carbonyl (C=O) groups excluding carboxylic acids is 2. The molecule has 0 aliphatic carbocycles. The number of rotatable bonds is 3. The van der Waals surface area contributed by atoms with E-state index in [2.05, 4.69) is 4.98 Å². The van der Waals surface area contributed by atoms with Crippen molar-refractivity contribution >= 4 is 11.8 Å². The van der Waals surface area contributed by atoms with Gasteiger partial charge in [-0.3, -0.25) is 10.1 Å². The molecule has 0 aliphatic rings. The van der Waals surface area contributed by atoms with Gasteiger partial charge in [-0.1, -0.05) is 0 Å². The average molecular weight is 212 g/mol. The van der Waals surface area contributed by atoms with E-state index in [9.17, 15) is 10.1 Å². The highest BCUT2D eigenvalue weighted by Crippen LogP contribution is 2.12. The van der Waals surface area contributed by atoms with Gasteiger partial charge < -0.3 is 4.74 Å². The van der Waals surface area contributed by atoms with Crippen molar-refractivity contribution < 1.29 is 19.2 Å². The van der Waals surface area contributed by atoms with Crippen LogP contribution in [0.15, 0.2) is 18.3 Å². The molecule has 7 nitrogen and oxygen atoms in total. The van der Waals surface area contributed by atoms with E-state index in [1.54, 1.807) is 0 Å². The molecule has 1 heterocycles. The summed E-state index contributed by atoms with van der Waals surface area (Å²) in [5.41, 5.74) is -0.0292. The first kappa shape index (κ1) is 12.7. The van der Waals surface area contributed by atoms with Gasteiger partial charge in [0.25, 0.3) is 5.69 Å². The summed E-state index contributed by atoms with van der Waals surface area (Å²) in [6.45, 7) is 2.33. The lowest BCUT2D eigenvalue weighted by Gasteiger charge is -1.98. The van der Waals surface area contributed by atoms with E-state index in [4.69, 9.17) is 14.3 Å². The molecule has 0 unspecified atom stereocenters. The van der Waals surface area contributed by atoms with Gasteiger partial charge in [-0.05, 0) is 6.92 Å². The Hall–Kier alpha value is -2.27. The van der Waals surface area contributed by atoms with E-state index in [0.29, 0.717) is 12.5 Å². The summed E-state index contributed by atoms with van der Waals surface area (Å²) < 4.78 is 5.01. The molecule has 0 aliphatic heterocycles. The van der Waals surface area contributed by atoms with E-state index in [1.165, 1.54) is 18.3 Å². The molecule has 0 aromatic carbocycles.